The molecule has 2 N–H and O–H groups in total. The highest BCUT2D eigenvalue weighted by atomic mass is 16.5. The lowest BCUT2D eigenvalue weighted by Gasteiger charge is -2.13. The average molecular weight is 271 g/mol. The Bertz CT molecular complexity index is 599. The molecule has 1 unspecified atom stereocenters. The van der Waals surface area contributed by atoms with E-state index in [4.69, 9.17) is 15.2 Å². The van der Waals surface area contributed by atoms with E-state index in [1.54, 1.807) is 13.2 Å². The molecule has 0 spiro atoms. The van der Waals surface area contributed by atoms with Gasteiger partial charge in [-0.2, -0.15) is 0 Å². The summed E-state index contributed by atoms with van der Waals surface area (Å²) >= 11 is 0. The molecular weight excluding hydrogens is 254 g/mol. The summed E-state index contributed by atoms with van der Waals surface area (Å²) in [5.74, 6) is 1.37. The fourth-order valence-electron chi connectivity index (χ4n) is 1.97. The van der Waals surface area contributed by atoms with Crippen LogP contribution in [-0.2, 0) is 0 Å². The van der Waals surface area contributed by atoms with Crippen molar-refractivity contribution in [2.45, 2.75) is 25.0 Å². The van der Waals surface area contributed by atoms with Gasteiger partial charge < -0.3 is 15.2 Å². The first-order valence-corrected chi connectivity index (χ1v) is 6.64. The summed E-state index contributed by atoms with van der Waals surface area (Å²) in [6, 6.07) is 9.27. The molecule has 1 fully saturated rings. The fourth-order valence-corrected chi connectivity index (χ4v) is 1.97. The molecule has 104 valence electrons. The number of ether oxygens (including phenoxy) is 2. The van der Waals surface area contributed by atoms with Gasteiger partial charge in [-0.15, -0.1) is 0 Å². The lowest BCUT2D eigenvalue weighted by molar-refractivity contribution is 0.303. The highest BCUT2D eigenvalue weighted by Crippen LogP contribution is 2.29. The zero-order valence-corrected chi connectivity index (χ0v) is 11.3. The van der Waals surface area contributed by atoms with Gasteiger partial charge in [0.15, 0.2) is 0 Å². The first-order chi connectivity index (χ1) is 9.76. The number of rotatable bonds is 5. The number of hydrogen-bond acceptors (Lipinski definition) is 5. The Morgan fingerprint density at radius 3 is 2.85 bits per heavy atom. The van der Waals surface area contributed by atoms with Gasteiger partial charge in [0.2, 0.25) is 5.88 Å². The lowest BCUT2D eigenvalue weighted by atomic mass is 10.0. The summed E-state index contributed by atoms with van der Waals surface area (Å²) in [5, 5.41) is 0. The second-order valence-electron chi connectivity index (χ2n) is 4.85. The number of nitrogens with zero attached hydrogens (tertiary/aromatic N) is 2. The maximum Gasteiger partial charge on any atom is 0.216 e. The van der Waals surface area contributed by atoms with E-state index in [0.29, 0.717) is 12.0 Å². The number of aromatic nitrogens is 2. The lowest BCUT2D eigenvalue weighted by Crippen LogP contribution is -2.14. The maximum atomic E-state index is 6.25. The predicted molar refractivity (Wildman–Crippen MR) is 74.7 cm³/mol. The molecule has 2 aromatic rings. The van der Waals surface area contributed by atoms with Crippen LogP contribution >= 0.6 is 0 Å². The number of benzene rings is 1. The number of nitrogens with two attached hydrogens (primary N) is 1. The Hall–Kier alpha value is -2.14. The third kappa shape index (κ3) is 2.88. The molecule has 1 heterocycles. The normalized spacial score (nSPS) is 15.7. The van der Waals surface area contributed by atoms with Crippen LogP contribution in [0.3, 0.4) is 0 Å². The minimum atomic E-state index is -0.324. The van der Waals surface area contributed by atoms with Crippen LogP contribution in [0.15, 0.2) is 36.7 Å². The quantitative estimate of drug-likeness (QED) is 0.901. The van der Waals surface area contributed by atoms with E-state index < -0.39 is 0 Å². The van der Waals surface area contributed by atoms with Crippen LogP contribution in [0.4, 0.5) is 0 Å². The average Bonchev–Trinajstić information content (AvgIpc) is 3.31. The molecule has 5 heteroatoms. The monoisotopic (exact) mass is 271 g/mol. The van der Waals surface area contributed by atoms with E-state index >= 15 is 0 Å². The van der Waals surface area contributed by atoms with Crippen LogP contribution in [0.1, 0.15) is 30.1 Å². The zero-order chi connectivity index (χ0) is 13.9. The molecule has 3 rings (SSSR count). The van der Waals surface area contributed by atoms with Crippen LogP contribution in [0.5, 0.6) is 11.6 Å². The van der Waals surface area contributed by atoms with Crippen LogP contribution in [0, 0.1) is 0 Å². The summed E-state index contributed by atoms with van der Waals surface area (Å²) in [7, 11) is 1.57. The number of methoxy groups -OCH3 is 1. The molecule has 1 atom stereocenters. The van der Waals surface area contributed by atoms with E-state index in [1.807, 2.05) is 24.3 Å². The highest BCUT2D eigenvalue weighted by Gasteiger charge is 2.23. The minimum Gasteiger partial charge on any atom is -0.490 e. The van der Waals surface area contributed by atoms with Crippen molar-refractivity contribution in [3.05, 3.63) is 47.9 Å². The third-order valence-corrected chi connectivity index (χ3v) is 3.24. The molecule has 5 nitrogen and oxygen atoms in total. The fraction of sp³-hybridized carbons (Fsp3) is 0.333. The van der Waals surface area contributed by atoms with Crippen LogP contribution in [0.2, 0.25) is 0 Å². The minimum absolute atomic E-state index is 0.324. The van der Waals surface area contributed by atoms with Crippen molar-refractivity contribution in [3.63, 3.8) is 0 Å². The van der Waals surface area contributed by atoms with Crippen LogP contribution in [-0.4, -0.2) is 23.2 Å². The zero-order valence-electron chi connectivity index (χ0n) is 11.3. The largest absolute Gasteiger partial charge is 0.490 e. The molecular formula is C15H17N3O2. The smallest absolute Gasteiger partial charge is 0.216 e. The first kappa shape index (κ1) is 12.9. The van der Waals surface area contributed by atoms with Gasteiger partial charge in [-0.3, -0.25) is 0 Å². The predicted octanol–water partition coefficient (Wildman–Crippen LogP) is 2.07. The summed E-state index contributed by atoms with van der Waals surface area (Å²) in [4.78, 5) is 8.20. The van der Waals surface area contributed by atoms with Gasteiger partial charge >= 0.3 is 0 Å². The highest BCUT2D eigenvalue weighted by molar-refractivity contribution is 5.35. The Morgan fingerprint density at radius 1 is 1.25 bits per heavy atom. The van der Waals surface area contributed by atoms with Crippen molar-refractivity contribution in [2.24, 2.45) is 5.73 Å². The van der Waals surface area contributed by atoms with Gasteiger partial charge in [-0.05, 0) is 30.5 Å². The van der Waals surface area contributed by atoms with Crippen molar-refractivity contribution in [2.75, 3.05) is 7.11 Å². The standard InChI is InChI=1S/C15H17N3O2/c1-19-14-8-13(17-9-18-14)15(16)10-3-2-4-12(7-10)20-11-5-6-11/h2-4,7-9,11,15H,5-6,16H2,1H3. The van der Waals surface area contributed by atoms with E-state index in [-0.39, 0.29) is 6.04 Å². The molecule has 0 saturated heterocycles. The van der Waals surface area contributed by atoms with Crippen molar-refractivity contribution in [1.82, 2.24) is 9.97 Å². The van der Waals surface area contributed by atoms with Gasteiger partial charge in [-0.25, -0.2) is 9.97 Å². The van der Waals surface area contributed by atoms with Crippen molar-refractivity contribution < 1.29 is 9.47 Å². The van der Waals surface area contributed by atoms with E-state index in [9.17, 15) is 0 Å². The molecule has 1 aliphatic carbocycles. The van der Waals surface area contributed by atoms with Gasteiger partial charge in [0.25, 0.3) is 0 Å². The van der Waals surface area contributed by atoms with Crippen molar-refractivity contribution in [3.8, 4) is 11.6 Å². The Balaban J connectivity index is 1.82. The van der Waals surface area contributed by atoms with Gasteiger partial charge in [-0.1, -0.05) is 12.1 Å². The van der Waals surface area contributed by atoms with Crippen molar-refractivity contribution in [1.29, 1.82) is 0 Å². The Labute approximate surface area is 117 Å². The summed E-state index contributed by atoms with van der Waals surface area (Å²) in [6.45, 7) is 0. The molecule has 1 aromatic carbocycles. The SMILES string of the molecule is COc1cc(C(N)c2cccc(OC3CC3)c2)ncn1. The van der Waals surface area contributed by atoms with Gasteiger partial charge in [0.05, 0.1) is 24.9 Å². The van der Waals surface area contributed by atoms with Crippen LogP contribution < -0.4 is 15.2 Å². The third-order valence-electron chi connectivity index (χ3n) is 3.24. The van der Waals surface area contributed by atoms with E-state index in [2.05, 4.69) is 9.97 Å². The summed E-state index contributed by atoms with van der Waals surface area (Å²) < 4.78 is 10.9. The molecule has 1 saturated carbocycles. The van der Waals surface area contributed by atoms with Gasteiger partial charge in [0, 0.05) is 6.07 Å². The molecule has 0 amide bonds. The molecule has 0 aliphatic heterocycles. The van der Waals surface area contributed by atoms with Crippen LogP contribution in [0.25, 0.3) is 0 Å². The molecule has 1 aliphatic rings. The second-order valence-corrected chi connectivity index (χ2v) is 4.85. The molecule has 20 heavy (non-hydrogen) atoms. The topological polar surface area (TPSA) is 70.3 Å². The summed E-state index contributed by atoms with van der Waals surface area (Å²) in [5.41, 5.74) is 7.94. The molecule has 0 bridgehead atoms. The summed E-state index contributed by atoms with van der Waals surface area (Å²) in [6.07, 6.45) is 4.11. The molecule has 0 radical (unpaired) electrons. The Morgan fingerprint density at radius 2 is 2.10 bits per heavy atom. The number of hydrogen-bond donors (Lipinski definition) is 1. The van der Waals surface area contributed by atoms with E-state index in [1.165, 1.54) is 6.33 Å². The molecule has 1 aromatic heterocycles. The maximum absolute atomic E-state index is 6.25. The second kappa shape index (κ2) is 5.46. The van der Waals surface area contributed by atoms with Crippen molar-refractivity contribution >= 4 is 0 Å². The van der Waals surface area contributed by atoms with E-state index in [0.717, 1.165) is 29.8 Å². The Kier molecular flexibility index (Phi) is 3.52. The first-order valence-electron chi connectivity index (χ1n) is 6.64. The van der Waals surface area contributed by atoms with Gasteiger partial charge in [0.1, 0.15) is 12.1 Å².